The van der Waals surface area contributed by atoms with Gasteiger partial charge in [0.05, 0.1) is 25.5 Å². The molecule has 0 spiro atoms. The quantitative estimate of drug-likeness (QED) is 0.629. The number of aryl methyl sites for hydroxylation is 1. The van der Waals surface area contributed by atoms with Crippen molar-refractivity contribution in [2.75, 3.05) is 19.5 Å². The number of nitrogens with one attached hydrogen (secondary N) is 1. The van der Waals surface area contributed by atoms with Gasteiger partial charge in [-0.3, -0.25) is 4.79 Å². The molecule has 1 aliphatic heterocycles. The number of nitrogens with zero attached hydrogens (tertiary/aromatic N) is 2. The summed E-state index contributed by atoms with van der Waals surface area (Å²) in [6, 6.07) is 12.5. The Kier molecular flexibility index (Phi) is 5.42. The molecule has 152 valence electrons. The number of aliphatic imine (C=N–C) groups is 1. The Morgan fingerprint density at radius 2 is 1.93 bits per heavy atom. The van der Waals surface area contributed by atoms with Crippen LogP contribution in [0.1, 0.15) is 27.0 Å². The first-order valence-corrected chi connectivity index (χ1v) is 9.72. The number of aromatic nitrogens is 1. The minimum Gasteiger partial charge on any atom is -0.497 e. The van der Waals surface area contributed by atoms with Crippen LogP contribution in [0.2, 0.25) is 5.02 Å². The minimum atomic E-state index is -0.295. The fraction of sp³-hybridized carbons (Fsp3) is 0.174. The average molecular weight is 422 g/mol. The molecule has 0 aliphatic carbocycles. The third-order valence-corrected chi connectivity index (χ3v) is 5.20. The van der Waals surface area contributed by atoms with Crippen molar-refractivity contribution in [3.8, 4) is 11.5 Å². The van der Waals surface area contributed by atoms with E-state index in [9.17, 15) is 4.79 Å². The second-order valence-corrected chi connectivity index (χ2v) is 7.35. The van der Waals surface area contributed by atoms with Crippen molar-refractivity contribution in [2.24, 2.45) is 4.99 Å². The van der Waals surface area contributed by atoms with Crippen LogP contribution < -0.4 is 14.8 Å². The van der Waals surface area contributed by atoms with E-state index < -0.39 is 0 Å². The summed E-state index contributed by atoms with van der Waals surface area (Å²) in [6.07, 6.45) is 2.44. The summed E-state index contributed by atoms with van der Waals surface area (Å²) >= 11 is 6.44. The van der Waals surface area contributed by atoms with E-state index >= 15 is 0 Å². The summed E-state index contributed by atoms with van der Waals surface area (Å²) in [5.74, 6) is 1.46. The maximum Gasteiger partial charge on any atom is 0.259 e. The molecule has 2 aromatic carbocycles. The Labute approximate surface area is 179 Å². The smallest absolute Gasteiger partial charge is 0.259 e. The molecule has 0 fully saturated rings. The summed E-state index contributed by atoms with van der Waals surface area (Å²) < 4.78 is 10.5. The van der Waals surface area contributed by atoms with Gasteiger partial charge in [-0.1, -0.05) is 17.7 Å². The Bertz CT molecular complexity index is 1170. The molecular weight excluding hydrogens is 402 g/mol. The lowest BCUT2D eigenvalue weighted by atomic mass is 10.0. The Balaban J connectivity index is 1.60. The van der Waals surface area contributed by atoms with Crippen LogP contribution in [-0.4, -0.2) is 30.8 Å². The first kappa shape index (κ1) is 19.9. The Morgan fingerprint density at radius 1 is 1.10 bits per heavy atom. The molecule has 3 aromatic rings. The van der Waals surface area contributed by atoms with Crippen LogP contribution in [0.5, 0.6) is 11.5 Å². The predicted octanol–water partition coefficient (Wildman–Crippen LogP) is 4.99. The highest BCUT2D eigenvalue weighted by atomic mass is 35.5. The molecule has 1 amide bonds. The number of rotatable bonds is 5. The lowest BCUT2D eigenvalue weighted by molar-refractivity contribution is 0.102. The van der Waals surface area contributed by atoms with Crippen LogP contribution in [0.15, 0.2) is 53.7 Å². The summed E-state index contributed by atoms with van der Waals surface area (Å²) in [5.41, 5.74) is 4.77. The van der Waals surface area contributed by atoms with Crippen molar-refractivity contribution in [2.45, 2.75) is 13.3 Å². The molecular formula is C23H20ClN3O3. The number of amides is 1. The maximum atomic E-state index is 12.8. The molecule has 0 radical (unpaired) electrons. The molecule has 7 heteroatoms. The summed E-state index contributed by atoms with van der Waals surface area (Å²) in [5, 5.41) is 3.47. The number of benzene rings is 2. The van der Waals surface area contributed by atoms with Crippen LogP contribution in [0.4, 0.5) is 11.5 Å². The largest absolute Gasteiger partial charge is 0.497 e. The first-order chi connectivity index (χ1) is 14.5. The zero-order valence-electron chi connectivity index (χ0n) is 16.8. The van der Waals surface area contributed by atoms with Crippen molar-refractivity contribution in [1.29, 1.82) is 0 Å². The number of hydrogen-bond acceptors (Lipinski definition) is 5. The Hall–Kier alpha value is -3.38. The molecule has 0 saturated heterocycles. The van der Waals surface area contributed by atoms with Gasteiger partial charge in [-0.2, -0.15) is 0 Å². The van der Waals surface area contributed by atoms with Crippen molar-refractivity contribution in [3.63, 3.8) is 0 Å². The van der Waals surface area contributed by atoms with Crippen LogP contribution in [0, 0.1) is 6.92 Å². The number of anilines is 1. The number of ether oxygens (including phenoxy) is 2. The van der Waals surface area contributed by atoms with Crippen molar-refractivity contribution in [3.05, 3.63) is 75.9 Å². The summed E-state index contributed by atoms with van der Waals surface area (Å²) in [6.45, 7) is 2.00. The lowest BCUT2D eigenvalue weighted by Crippen LogP contribution is -2.14. The maximum absolute atomic E-state index is 12.8. The van der Waals surface area contributed by atoms with E-state index in [2.05, 4.69) is 21.4 Å². The van der Waals surface area contributed by atoms with Gasteiger partial charge >= 0.3 is 0 Å². The highest BCUT2D eigenvalue weighted by Crippen LogP contribution is 2.31. The van der Waals surface area contributed by atoms with E-state index in [-0.39, 0.29) is 5.91 Å². The second kappa shape index (κ2) is 8.16. The van der Waals surface area contributed by atoms with E-state index in [0.29, 0.717) is 40.0 Å². The van der Waals surface area contributed by atoms with Crippen LogP contribution in [0.25, 0.3) is 0 Å². The number of halogens is 1. The monoisotopic (exact) mass is 421 g/mol. The molecule has 1 aromatic heterocycles. The molecule has 2 heterocycles. The molecule has 30 heavy (non-hydrogen) atoms. The molecule has 1 N–H and O–H groups in total. The van der Waals surface area contributed by atoms with Crippen LogP contribution in [0.3, 0.4) is 0 Å². The topological polar surface area (TPSA) is 72.8 Å². The summed E-state index contributed by atoms with van der Waals surface area (Å²) in [4.78, 5) is 21.8. The fourth-order valence-electron chi connectivity index (χ4n) is 3.37. The van der Waals surface area contributed by atoms with Gasteiger partial charge in [-0.05, 0) is 42.8 Å². The fourth-order valence-corrected chi connectivity index (χ4v) is 3.59. The minimum absolute atomic E-state index is 0.295. The molecule has 0 saturated carbocycles. The van der Waals surface area contributed by atoms with Crippen molar-refractivity contribution in [1.82, 2.24) is 4.98 Å². The van der Waals surface area contributed by atoms with Gasteiger partial charge in [0.2, 0.25) is 0 Å². The lowest BCUT2D eigenvalue weighted by Gasteiger charge is -2.12. The molecule has 6 nitrogen and oxygen atoms in total. The summed E-state index contributed by atoms with van der Waals surface area (Å²) in [7, 11) is 3.07. The van der Waals surface area contributed by atoms with Crippen LogP contribution >= 0.6 is 11.6 Å². The van der Waals surface area contributed by atoms with Gasteiger partial charge in [0, 0.05) is 40.5 Å². The van der Waals surface area contributed by atoms with Crippen molar-refractivity contribution < 1.29 is 14.3 Å². The van der Waals surface area contributed by atoms with Gasteiger partial charge in [0.25, 0.3) is 5.91 Å². The molecule has 4 rings (SSSR count). The zero-order valence-corrected chi connectivity index (χ0v) is 17.6. The first-order valence-electron chi connectivity index (χ1n) is 9.35. The number of pyridine rings is 1. The normalized spacial score (nSPS) is 12.2. The van der Waals surface area contributed by atoms with Gasteiger partial charge < -0.3 is 14.8 Å². The van der Waals surface area contributed by atoms with Gasteiger partial charge in [-0.15, -0.1) is 0 Å². The SMILES string of the molecule is COc1ccc(C(=O)Nc2ccc(Cl)c(C3=Nc4ncc(C)cc4C3)c2)c(OC)c1. The number of methoxy groups -OCH3 is 2. The average Bonchev–Trinajstić information content (AvgIpc) is 3.17. The van der Waals surface area contributed by atoms with E-state index in [4.69, 9.17) is 21.1 Å². The third kappa shape index (κ3) is 3.86. The second-order valence-electron chi connectivity index (χ2n) is 6.95. The van der Waals surface area contributed by atoms with Crippen molar-refractivity contribution >= 4 is 34.7 Å². The highest BCUT2D eigenvalue weighted by molar-refractivity contribution is 6.34. The number of fused-ring (bicyclic) bond motifs is 1. The number of carbonyl (C=O) groups is 1. The number of carbonyl (C=O) groups excluding carboxylic acids is 1. The number of hydrogen-bond donors (Lipinski definition) is 1. The highest BCUT2D eigenvalue weighted by Gasteiger charge is 2.20. The molecule has 0 bridgehead atoms. The molecule has 0 unspecified atom stereocenters. The molecule has 1 aliphatic rings. The zero-order chi connectivity index (χ0) is 21.3. The van der Waals surface area contributed by atoms with E-state index in [1.165, 1.54) is 7.11 Å². The van der Waals surface area contributed by atoms with Gasteiger partial charge in [0.1, 0.15) is 11.5 Å². The van der Waals surface area contributed by atoms with Gasteiger partial charge in [-0.25, -0.2) is 9.98 Å². The predicted molar refractivity (Wildman–Crippen MR) is 118 cm³/mol. The van der Waals surface area contributed by atoms with Crippen LogP contribution in [-0.2, 0) is 6.42 Å². The van der Waals surface area contributed by atoms with E-state index in [1.54, 1.807) is 43.6 Å². The standard InChI is InChI=1S/C23H20ClN3O3/c1-13-8-14-9-20(27-22(14)25-12-13)18-10-15(4-7-19(18)24)26-23(28)17-6-5-16(29-2)11-21(17)30-3/h4-8,10-12H,9H2,1-3H3,(H,26,28). The van der Waals surface area contributed by atoms with Gasteiger partial charge in [0.15, 0.2) is 5.82 Å². The molecule has 0 atom stereocenters. The van der Waals surface area contributed by atoms with E-state index in [0.717, 1.165) is 22.4 Å². The Morgan fingerprint density at radius 3 is 2.70 bits per heavy atom. The third-order valence-electron chi connectivity index (χ3n) is 4.87. The van der Waals surface area contributed by atoms with E-state index in [1.807, 2.05) is 13.0 Å².